The number of hydrogen-bond donors (Lipinski definition) is 0. The number of morpholine rings is 2. The first kappa shape index (κ1) is 23.5. The highest BCUT2D eigenvalue weighted by molar-refractivity contribution is 6.30. The molecule has 2 aromatic rings. The Morgan fingerprint density at radius 2 is 1.91 bits per heavy atom. The van der Waals surface area contributed by atoms with Crippen LogP contribution in [-0.2, 0) is 14.3 Å². The maximum atomic E-state index is 13.2. The number of pyridine rings is 1. The molecule has 176 valence electrons. The fourth-order valence-electron chi connectivity index (χ4n) is 4.01. The first-order chi connectivity index (χ1) is 15.9. The lowest BCUT2D eigenvalue weighted by molar-refractivity contribution is -0.155. The van der Waals surface area contributed by atoms with Crippen molar-refractivity contribution in [1.29, 1.82) is 0 Å². The Morgan fingerprint density at radius 1 is 1.12 bits per heavy atom. The molecule has 2 aliphatic rings. The van der Waals surface area contributed by atoms with Crippen LogP contribution in [0.4, 0.5) is 0 Å². The van der Waals surface area contributed by atoms with Gasteiger partial charge >= 0.3 is 0 Å². The van der Waals surface area contributed by atoms with Crippen molar-refractivity contribution in [3.8, 4) is 5.75 Å². The lowest BCUT2D eigenvalue weighted by Crippen LogP contribution is -2.58. The van der Waals surface area contributed by atoms with E-state index in [0.29, 0.717) is 55.8 Å². The molecule has 0 N–H and O–H groups in total. The van der Waals surface area contributed by atoms with E-state index in [0.717, 1.165) is 5.69 Å². The third-order valence-corrected chi connectivity index (χ3v) is 6.06. The second kappa shape index (κ2) is 10.5. The number of halogens is 1. The van der Waals surface area contributed by atoms with Crippen LogP contribution in [-0.4, -0.2) is 84.8 Å². The molecule has 0 aliphatic carbocycles. The molecule has 9 heteroatoms. The van der Waals surface area contributed by atoms with Crippen LogP contribution in [0.5, 0.6) is 5.75 Å². The Labute approximate surface area is 198 Å². The maximum absolute atomic E-state index is 13.2. The minimum Gasteiger partial charge on any atom is -0.490 e. The van der Waals surface area contributed by atoms with Gasteiger partial charge < -0.3 is 24.0 Å². The van der Waals surface area contributed by atoms with Gasteiger partial charge in [-0.25, -0.2) is 0 Å². The first-order valence-corrected chi connectivity index (χ1v) is 11.4. The molecule has 1 aromatic carbocycles. The van der Waals surface area contributed by atoms with Crippen LogP contribution in [0.15, 0.2) is 42.6 Å². The van der Waals surface area contributed by atoms with Crippen LogP contribution in [0.3, 0.4) is 0 Å². The Balaban J connectivity index is 1.53. The minimum absolute atomic E-state index is 0.0423. The summed E-state index contributed by atoms with van der Waals surface area (Å²) in [6, 6.07) is 10.6. The summed E-state index contributed by atoms with van der Waals surface area (Å²) in [5.74, 6) is 0.395. The zero-order valence-electron chi connectivity index (χ0n) is 18.7. The highest BCUT2D eigenvalue weighted by Gasteiger charge is 2.42. The lowest BCUT2D eigenvalue weighted by atomic mass is 9.96. The number of carbonyl (C=O) groups is 2. The molecule has 2 aliphatic heterocycles. The SMILES string of the molecule is Cc1ccc(C(=O)N2CCO[C@](COc3cccc(Cl)c3)(CC(=O)N3CCOCC3)C2)cn1. The predicted molar refractivity (Wildman–Crippen MR) is 123 cm³/mol. The van der Waals surface area contributed by atoms with E-state index in [9.17, 15) is 9.59 Å². The first-order valence-electron chi connectivity index (χ1n) is 11.0. The highest BCUT2D eigenvalue weighted by Crippen LogP contribution is 2.27. The Morgan fingerprint density at radius 3 is 2.64 bits per heavy atom. The zero-order valence-corrected chi connectivity index (χ0v) is 19.4. The number of nitrogens with zero attached hydrogens (tertiary/aromatic N) is 3. The Kier molecular flexibility index (Phi) is 7.47. The van der Waals surface area contributed by atoms with Crippen molar-refractivity contribution in [3.05, 3.63) is 58.9 Å². The molecule has 0 radical (unpaired) electrons. The van der Waals surface area contributed by atoms with Gasteiger partial charge in [0.2, 0.25) is 5.91 Å². The van der Waals surface area contributed by atoms with Gasteiger partial charge in [0.05, 0.1) is 38.3 Å². The summed E-state index contributed by atoms with van der Waals surface area (Å²) in [6.45, 7) is 5.07. The quantitative estimate of drug-likeness (QED) is 0.641. The Hall–Kier alpha value is -2.68. The second-order valence-corrected chi connectivity index (χ2v) is 8.80. The lowest BCUT2D eigenvalue weighted by Gasteiger charge is -2.43. The topological polar surface area (TPSA) is 81.2 Å². The molecule has 1 aromatic heterocycles. The minimum atomic E-state index is -0.982. The van der Waals surface area contributed by atoms with Crippen LogP contribution < -0.4 is 4.74 Å². The van der Waals surface area contributed by atoms with Crippen molar-refractivity contribution in [2.45, 2.75) is 18.9 Å². The summed E-state index contributed by atoms with van der Waals surface area (Å²) in [4.78, 5) is 34.0. The van der Waals surface area contributed by atoms with Crippen molar-refractivity contribution in [1.82, 2.24) is 14.8 Å². The molecule has 0 saturated carbocycles. The fourth-order valence-corrected chi connectivity index (χ4v) is 4.19. The van der Waals surface area contributed by atoms with Crippen LogP contribution in [0, 0.1) is 6.92 Å². The van der Waals surface area contributed by atoms with Crippen molar-refractivity contribution in [2.24, 2.45) is 0 Å². The molecule has 8 nitrogen and oxygen atoms in total. The maximum Gasteiger partial charge on any atom is 0.255 e. The van der Waals surface area contributed by atoms with Gasteiger partial charge in [0.15, 0.2) is 0 Å². The van der Waals surface area contributed by atoms with E-state index in [2.05, 4.69) is 4.98 Å². The fraction of sp³-hybridized carbons (Fsp3) is 0.458. The van der Waals surface area contributed by atoms with Crippen LogP contribution in [0.25, 0.3) is 0 Å². The smallest absolute Gasteiger partial charge is 0.255 e. The number of rotatable bonds is 6. The van der Waals surface area contributed by atoms with E-state index in [-0.39, 0.29) is 31.4 Å². The largest absolute Gasteiger partial charge is 0.490 e. The molecule has 1 atom stereocenters. The van der Waals surface area contributed by atoms with Gasteiger partial charge in [-0.2, -0.15) is 0 Å². The summed E-state index contributed by atoms with van der Waals surface area (Å²) >= 11 is 6.09. The van der Waals surface area contributed by atoms with E-state index in [4.69, 9.17) is 25.8 Å². The van der Waals surface area contributed by atoms with Crippen molar-refractivity contribution in [2.75, 3.05) is 52.6 Å². The van der Waals surface area contributed by atoms with E-state index in [1.807, 2.05) is 13.0 Å². The van der Waals surface area contributed by atoms with Gasteiger partial charge in [0.1, 0.15) is 18.0 Å². The summed E-state index contributed by atoms with van der Waals surface area (Å²) in [5, 5.41) is 0.555. The van der Waals surface area contributed by atoms with E-state index in [1.165, 1.54) is 0 Å². The summed E-state index contributed by atoms with van der Waals surface area (Å²) in [6.07, 6.45) is 1.68. The molecule has 2 fully saturated rings. The number of benzene rings is 1. The number of ether oxygens (including phenoxy) is 3. The number of amides is 2. The molecule has 0 unspecified atom stereocenters. The van der Waals surface area contributed by atoms with Crippen LogP contribution in [0.2, 0.25) is 5.02 Å². The Bertz CT molecular complexity index is 980. The number of carbonyl (C=O) groups excluding carboxylic acids is 2. The molecule has 33 heavy (non-hydrogen) atoms. The monoisotopic (exact) mass is 473 g/mol. The summed E-state index contributed by atoms with van der Waals surface area (Å²) < 4.78 is 17.5. The normalized spacial score (nSPS) is 21.0. The van der Waals surface area contributed by atoms with E-state index >= 15 is 0 Å². The number of aromatic nitrogens is 1. The van der Waals surface area contributed by atoms with Gasteiger partial charge in [0.25, 0.3) is 5.91 Å². The standard InChI is InChI=1S/C24H28ClN3O5/c1-18-5-6-19(15-26-18)23(30)28-9-12-33-24(16-28,14-22(29)27-7-10-31-11-8-27)17-32-21-4-2-3-20(25)13-21/h2-6,13,15H,7-12,14,16-17H2,1H3/t24-/m1/s1. The number of aryl methyl sites for hydroxylation is 1. The van der Waals surface area contributed by atoms with Crippen molar-refractivity contribution < 1.29 is 23.8 Å². The molecule has 0 spiro atoms. The third kappa shape index (κ3) is 6.01. The highest BCUT2D eigenvalue weighted by atomic mass is 35.5. The zero-order chi connectivity index (χ0) is 23.3. The summed E-state index contributed by atoms with van der Waals surface area (Å²) in [5.41, 5.74) is 0.365. The molecule has 4 rings (SSSR count). The van der Waals surface area contributed by atoms with Gasteiger partial charge in [-0.3, -0.25) is 14.6 Å². The molecule has 2 amide bonds. The van der Waals surface area contributed by atoms with Gasteiger partial charge in [-0.05, 0) is 37.3 Å². The van der Waals surface area contributed by atoms with Crippen molar-refractivity contribution >= 4 is 23.4 Å². The van der Waals surface area contributed by atoms with Gasteiger partial charge in [-0.1, -0.05) is 17.7 Å². The summed E-state index contributed by atoms with van der Waals surface area (Å²) in [7, 11) is 0. The average molecular weight is 474 g/mol. The van der Waals surface area contributed by atoms with E-state index in [1.54, 1.807) is 46.3 Å². The van der Waals surface area contributed by atoms with E-state index < -0.39 is 5.60 Å². The van der Waals surface area contributed by atoms with Gasteiger partial charge in [-0.15, -0.1) is 0 Å². The molecule has 2 saturated heterocycles. The molecular weight excluding hydrogens is 446 g/mol. The molecule has 3 heterocycles. The molecule has 0 bridgehead atoms. The second-order valence-electron chi connectivity index (χ2n) is 8.36. The van der Waals surface area contributed by atoms with Gasteiger partial charge in [0, 0.05) is 36.5 Å². The molecular formula is C24H28ClN3O5. The van der Waals surface area contributed by atoms with Crippen LogP contribution in [0.1, 0.15) is 22.5 Å². The average Bonchev–Trinajstić information content (AvgIpc) is 2.84. The number of hydrogen-bond acceptors (Lipinski definition) is 6. The van der Waals surface area contributed by atoms with Crippen molar-refractivity contribution in [3.63, 3.8) is 0 Å². The predicted octanol–water partition coefficient (Wildman–Crippen LogP) is 2.58. The van der Waals surface area contributed by atoms with Crippen LogP contribution >= 0.6 is 11.6 Å². The third-order valence-electron chi connectivity index (χ3n) is 5.83.